The van der Waals surface area contributed by atoms with Gasteiger partial charge in [-0.15, -0.1) is 0 Å². The monoisotopic (exact) mass is 187 g/mol. The molecule has 0 saturated heterocycles. The van der Waals surface area contributed by atoms with Gasteiger partial charge in [-0.2, -0.15) is 0 Å². The van der Waals surface area contributed by atoms with Gasteiger partial charge in [0.1, 0.15) is 5.82 Å². The summed E-state index contributed by atoms with van der Waals surface area (Å²) in [7, 11) is 0. The van der Waals surface area contributed by atoms with Gasteiger partial charge in [-0.05, 0) is 18.1 Å². The third-order valence-corrected chi connectivity index (χ3v) is 2.15. The fourth-order valence-electron chi connectivity index (χ4n) is 1.31. The van der Waals surface area contributed by atoms with Crippen molar-refractivity contribution in [2.24, 2.45) is 0 Å². The third-order valence-electron chi connectivity index (χ3n) is 2.15. The Bertz CT molecular complexity index is 387. The number of hydrogen-bond donors (Lipinski definition) is 1. The van der Waals surface area contributed by atoms with Crippen LogP contribution in [-0.2, 0) is 0 Å². The summed E-state index contributed by atoms with van der Waals surface area (Å²) in [5.74, 6) is 1.34. The Morgan fingerprint density at radius 2 is 2.07 bits per heavy atom. The van der Waals surface area contributed by atoms with E-state index in [0.717, 1.165) is 17.1 Å². The topological polar surface area (TPSA) is 41.6 Å². The Hall–Kier alpha value is -1.64. The van der Waals surface area contributed by atoms with Gasteiger partial charge in [0.2, 0.25) is 0 Å². The Morgan fingerprint density at radius 1 is 1.21 bits per heavy atom. The van der Waals surface area contributed by atoms with Crippen LogP contribution in [-0.4, -0.2) is 15.0 Å². The van der Waals surface area contributed by atoms with Gasteiger partial charge < -0.3 is 4.98 Å². The molecular weight excluding hydrogens is 174 g/mol. The minimum atomic E-state index is 0.473. The summed E-state index contributed by atoms with van der Waals surface area (Å²) in [6, 6.07) is 4.09. The van der Waals surface area contributed by atoms with E-state index in [2.05, 4.69) is 28.8 Å². The summed E-state index contributed by atoms with van der Waals surface area (Å²) >= 11 is 0. The molecule has 0 aromatic carbocycles. The average molecular weight is 187 g/mol. The minimum Gasteiger partial charge on any atom is -0.345 e. The zero-order chi connectivity index (χ0) is 9.97. The summed E-state index contributed by atoms with van der Waals surface area (Å²) < 4.78 is 0. The van der Waals surface area contributed by atoms with Crippen LogP contribution in [0.1, 0.15) is 25.5 Å². The van der Waals surface area contributed by atoms with Gasteiger partial charge >= 0.3 is 0 Å². The van der Waals surface area contributed by atoms with Gasteiger partial charge in [0, 0.05) is 29.8 Å². The van der Waals surface area contributed by atoms with E-state index in [4.69, 9.17) is 0 Å². The van der Waals surface area contributed by atoms with Crippen molar-refractivity contribution >= 4 is 0 Å². The first-order valence-corrected chi connectivity index (χ1v) is 4.73. The van der Waals surface area contributed by atoms with Crippen LogP contribution in [0, 0.1) is 0 Å². The molecule has 0 aliphatic heterocycles. The summed E-state index contributed by atoms with van der Waals surface area (Å²) in [5, 5.41) is 0. The highest BCUT2D eigenvalue weighted by Crippen LogP contribution is 2.16. The van der Waals surface area contributed by atoms with Crippen LogP contribution >= 0.6 is 0 Å². The smallest absolute Gasteiger partial charge is 0.138 e. The second-order valence-corrected chi connectivity index (χ2v) is 3.56. The molecule has 1 N–H and O–H groups in total. The van der Waals surface area contributed by atoms with E-state index in [9.17, 15) is 0 Å². The normalized spacial score (nSPS) is 10.8. The lowest BCUT2D eigenvalue weighted by atomic mass is 10.1. The predicted octanol–water partition coefficient (Wildman–Crippen LogP) is 2.60. The highest BCUT2D eigenvalue weighted by Gasteiger charge is 2.02. The largest absolute Gasteiger partial charge is 0.345 e. The van der Waals surface area contributed by atoms with Crippen molar-refractivity contribution in [2.75, 3.05) is 0 Å². The van der Waals surface area contributed by atoms with Crippen molar-refractivity contribution in [3.05, 3.63) is 36.4 Å². The number of H-pyrrole nitrogens is 1. The third kappa shape index (κ3) is 1.66. The van der Waals surface area contributed by atoms with E-state index in [-0.39, 0.29) is 0 Å². The molecule has 72 valence electrons. The molecule has 0 aliphatic carbocycles. The molecule has 0 radical (unpaired) electrons. The second kappa shape index (κ2) is 3.62. The summed E-state index contributed by atoms with van der Waals surface area (Å²) in [6.07, 6.45) is 5.41. The van der Waals surface area contributed by atoms with Crippen LogP contribution in [0.4, 0.5) is 0 Å². The van der Waals surface area contributed by atoms with E-state index in [1.54, 1.807) is 6.20 Å². The molecule has 2 rings (SSSR count). The molecule has 0 amide bonds. The number of pyridine rings is 1. The molecule has 0 atom stereocenters. The quantitative estimate of drug-likeness (QED) is 0.785. The van der Waals surface area contributed by atoms with Crippen molar-refractivity contribution in [3.8, 4) is 11.4 Å². The zero-order valence-electron chi connectivity index (χ0n) is 8.36. The van der Waals surface area contributed by atoms with Crippen LogP contribution in [0.3, 0.4) is 0 Å². The van der Waals surface area contributed by atoms with Crippen LogP contribution in [0.15, 0.2) is 30.7 Å². The van der Waals surface area contributed by atoms with Gasteiger partial charge in [0.05, 0.1) is 0 Å². The Kier molecular flexibility index (Phi) is 2.31. The molecule has 2 aromatic rings. The van der Waals surface area contributed by atoms with E-state index in [1.165, 1.54) is 0 Å². The first-order chi connectivity index (χ1) is 6.77. The van der Waals surface area contributed by atoms with Crippen molar-refractivity contribution in [3.63, 3.8) is 0 Å². The summed E-state index contributed by atoms with van der Waals surface area (Å²) in [4.78, 5) is 11.6. The van der Waals surface area contributed by atoms with Crippen LogP contribution in [0.5, 0.6) is 0 Å². The molecular formula is C11H13N3. The number of aromatic nitrogens is 3. The Balaban J connectivity index is 2.31. The fraction of sp³-hybridized carbons (Fsp3) is 0.273. The Morgan fingerprint density at radius 3 is 2.57 bits per heavy atom. The lowest BCUT2D eigenvalue weighted by Gasteiger charge is -2.03. The fourth-order valence-corrected chi connectivity index (χ4v) is 1.31. The highest BCUT2D eigenvalue weighted by atomic mass is 14.9. The Labute approximate surface area is 83.2 Å². The first-order valence-electron chi connectivity index (χ1n) is 4.73. The number of nitrogens with zero attached hydrogens (tertiary/aromatic N) is 2. The van der Waals surface area contributed by atoms with E-state index < -0.39 is 0 Å². The molecule has 0 bridgehead atoms. The van der Waals surface area contributed by atoms with Gasteiger partial charge in [0.15, 0.2) is 0 Å². The predicted molar refractivity (Wildman–Crippen MR) is 55.9 cm³/mol. The van der Waals surface area contributed by atoms with E-state index in [1.807, 2.05) is 24.5 Å². The van der Waals surface area contributed by atoms with Gasteiger partial charge in [-0.1, -0.05) is 13.8 Å². The minimum absolute atomic E-state index is 0.473. The molecule has 0 saturated carbocycles. The standard InChI is InChI=1S/C11H13N3/c1-8(2)10-4-3-9(7-14-10)11-12-5-6-13-11/h3-8H,1-2H3,(H,12,13). The summed E-state index contributed by atoms with van der Waals surface area (Å²) in [6.45, 7) is 4.27. The molecule has 2 aromatic heterocycles. The number of aromatic amines is 1. The zero-order valence-corrected chi connectivity index (χ0v) is 8.36. The van der Waals surface area contributed by atoms with E-state index in [0.29, 0.717) is 5.92 Å². The van der Waals surface area contributed by atoms with Crippen molar-refractivity contribution in [1.82, 2.24) is 15.0 Å². The number of hydrogen-bond acceptors (Lipinski definition) is 2. The lowest BCUT2D eigenvalue weighted by Crippen LogP contribution is -1.92. The molecule has 0 unspecified atom stereocenters. The second-order valence-electron chi connectivity index (χ2n) is 3.56. The van der Waals surface area contributed by atoms with Gasteiger partial charge in [-0.25, -0.2) is 4.98 Å². The SMILES string of the molecule is CC(C)c1ccc(-c2ncc[nH]2)cn1. The molecule has 0 fully saturated rings. The van der Waals surface area contributed by atoms with Crippen molar-refractivity contribution in [1.29, 1.82) is 0 Å². The van der Waals surface area contributed by atoms with Gasteiger partial charge in [0.25, 0.3) is 0 Å². The van der Waals surface area contributed by atoms with E-state index >= 15 is 0 Å². The number of nitrogens with one attached hydrogen (secondary N) is 1. The van der Waals surface area contributed by atoms with Gasteiger partial charge in [-0.3, -0.25) is 4.98 Å². The maximum absolute atomic E-state index is 4.37. The molecule has 0 aliphatic rings. The molecule has 0 spiro atoms. The molecule has 14 heavy (non-hydrogen) atoms. The molecule has 3 heteroatoms. The highest BCUT2D eigenvalue weighted by molar-refractivity contribution is 5.53. The first kappa shape index (κ1) is 8.94. The maximum Gasteiger partial charge on any atom is 0.138 e. The summed E-state index contributed by atoms with van der Waals surface area (Å²) in [5.41, 5.74) is 2.14. The lowest BCUT2D eigenvalue weighted by molar-refractivity contribution is 0.823. The van der Waals surface area contributed by atoms with Crippen molar-refractivity contribution in [2.45, 2.75) is 19.8 Å². The number of rotatable bonds is 2. The number of imidazole rings is 1. The van der Waals surface area contributed by atoms with Crippen LogP contribution in [0.2, 0.25) is 0 Å². The van der Waals surface area contributed by atoms with Crippen molar-refractivity contribution < 1.29 is 0 Å². The van der Waals surface area contributed by atoms with Crippen LogP contribution < -0.4 is 0 Å². The average Bonchev–Trinajstić information content (AvgIpc) is 2.71. The maximum atomic E-state index is 4.37. The van der Waals surface area contributed by atoms with Crippen LogP contribution in [0.25, 0.3) is 11.4 Å². The molecule has 3 nitrogen and oxygen atoms in total. The molecule has 2 heterocycles.